The highest BCUT2D eigenvalue weighted by atomic mass is 19.1. The van der Waals surface area contributed by atoms with Gasteiger partial charge >= 0.3 is 0 Å². The number of fused-ring (bicyclic) bond motifs is 2. The Hall–Kier alpha value is -3.03. The molecule has 168 valence electrons. The van der Waals surface area contributed by atoms with Crippen LogP contribution < -0.4 is 4.90 Å². The minimum absolute atomic E-state index is 0.0373. The Kier molecular flexibility index (Phi) is 4.72. The van der Waals surface area contributed by atoms with Crippen molar-refractivity contribution in [3.63, 3.8) is 0 Å². The van der Waals surface area contributed by atoms with Gasteiger partial charge in [0.25, 0.3) is 0 Å². The fourth-order valence-corrected chi connectivity index (χ4v) is 5.92. The lowest BCUT2D eigenvalue weighted by Crippen LogP contribution is -2.43. The molecule has 8 heteroatoms. The third kappa shape index (κ3) is 3.51. The molecule has 32 heavy (non-hydrogen) atoms. The number of nitrogens with one attached hydrogen (secondary N) is 1. The number of aromatic hydroxyl groups is 1. The first-order valence-corrected chi connectivity index (χ1v) is 10.9. The molecule has 6 nitrogen and oxygen atoms in total. The van der Waals surface area contributed by atoms with E-state index in [1.165, 1.54) is 43.8 Å². The van der Waals surface area contributed by atoms with E-state index in [-0.39, 0.29) is 28.6 Å². The van der Waals surface area contributed by atoms with Gasteiger partial charge in [0.1, 0.15) is 17.3 Å². The molecule has 2 bridgehead atoms. The lowest BCUT2D eigenvalue weighted by Gasteiger charge is -2.44. The van der Waals surface area contributed by atoms with E-state index < -0.39 is 11.6 Å². The summed E-state index contributed by atoms with van der Waals surface area (Å²) in [6.45, 7) is 4.69. The highest BCUT2D eigenvalue weighted by Crippen LogP contribution is 2.58. The Balaban J connectivity index is 1.43. The van der Waals surface area contributed by atoms with Crippen LogP contribution in [0.1, 0.15) is 46.0 Å². The van der Waals surface area contributed by atoms with Gasteiger partial charge in [-0.05, 0) is 55.1 Å². The van der Waals surface area contributed by atoms with Gasteiger partial charge in [-0.1, -0.05) is 13.8 Å². The number of halogens is 2. The summed E-state index contributed by atoms with van der Waals surface area (Å²) in [6.07, 6.45) is 8.75. The molecule has 2 aliphatic rings. The third-order valence-corrected chi connectivity index (χ3v) is 7.44. The van der Waals surface area contributed by atoms with Crippen molar-refractivity contribution in [1.82, 2.24) is 20.4 Å². The number of hydrogen-bond donors (Lipinski definition) is 2. The summed E-state index contributed by atoms with van der Waals surface area (Å²) < 4.78 is 29.8. The summed E-state index contributed by atoms with van der Waals surface area (Å²) in [5, 5.41) is 25.1. The van der Waals surface area contributed by atoms with E-state index in [0.717, 1.165) is 18.9 Å². The molecular weight excluding hydrogens is 412 g/mol. The Morgan fingerprint density at radius 3 is 2.38 bits per heavy atom. The van der Waals surface area contributed by atoms with Gasteiger partial charge in [-0.15, -0.1) is 10.2 Å². The van der Waals surface area contributed by atoms with Crippen molar-refractivity contribution in [3.05, 3.63) is 42.2 Å². The lowest BCUT2D eigenvalue weighted by molar-refractivity contribution is 0.148. The number of phenols is 1. The second kappa shape index (κ2) is 7.25. The summed E-state index contributed by atoms with van der Waals surface area (Å²) in [4.78, 5) is 2.02. The van der Waals surface area contributed by atoms with Crippen LogP contribution >= 0.6 is 0 Å². The van der Waals surface area contributed by atoms with Gasteiger partial charge in [0.2, 0.25) is 0 Å². The van der Waals surface area contributed by atoms with Gasteiger partial charge in [-0.3, -0.25) is 5.10 Å². The maximum Gasteiger partial charge on any atom is 0.155 e. The first kappa shape index (κ1) is 20.8. The van der Waals surface area contributed by atoms with Crippen molar-refractivity contribution in [2.24, 2.45) is 10.8 Å². The van der Waals surface area contributed by atoms with Crippen LogP contribution in [0.15, 0.2) is 30.6 Å². The molecule has 2 aliphatic carbocycles. The summed E-state index contributed by atoms with van der Waals surface area (Å²) >= 11 is 0. The van der Waals surface area contributed by atoms with Crippen molar-refractivity contribution >= 4 is 5.82 Å². The fraction of sp³-hybridized carbons (Fsp3) is 0.458. The number of H-pyrrole nitrogens is 1. The van der Waals surface area contributed by atoms with E-state index in [1.807, 2.05) is 11.9 Å². The predicted molar refractivity (Wildman–Crippen MR) is 118 cm³/mol. The normalized spacial score (nSPS) is 27.0. The minimum atomic E-state index is -0.649. The minimum Gasteiger partial charge on any atom is -0.507 e. The van der Waals surface area contributed by atoms with Gasteiger partial charge in [-0.25, -0.2) is 8.78 Å². The average molecular weight is 440 g/mol. The van der Waals surface area contributed by atoms with Gasteiger partial charge in [0.15, 0.2) is 11.6 Å². The zero-order valence-corrected chi connectivity index (χ0v) is 18.5. The van der Waals surface area contributed by atoms with Crippen LogP contribution in [0.2, 0.25) is 0 Å². The van der Waals surface area contributed by atoms with E-state index in [2.05, 4.69) is 34.2 Å². The van der Waals surface area contributed by atoms with E-state index in [4.69, 9.17) is 0 Å². The Labute approximate surface area is 185 Å². The molecule has 3 aromatic rings. The van der Waals surface area contributed by atoms with Crippen molar-refractivity contribution in [2.75, 3.05) is 11.9 Å². The van der Waals surface area contributed by atoms with Gasteiger partial charge in [-0.2, -0.15) is 5.10 Å². The van der Waals surface area contributed by atoms with E-state index in [9.17, 15) is 9.50 Å². The van der Waals surface area contributed by atoms with Crippen LogP contribution in [0, 0.1) is 22.5 Å². The maximum absolute atomic E-state index is 15.1. The highest BCUT2D eigenvalue weighted by molar-refractivity contribution is 5.74. The molecule has 2 fully saturated rings. The van der Waals surface area contributed by atoms with Crippen LogP contribution in [0.5, 0.6) is 5.75 Å². The Morgan fingerprint density at radius 1 is 1.03 bits per heavy atom. The molecule has 0 aliphatic heterocycles. The van der Waals surface area contributed by atoms with Gasteiger partial charge in [0.05, 0.1) is 6.20 Å². The Bertz CT molecular complexity index is 1150. The first-order chi connectivity index (χ1) is 15.2. The number of phenolic OH excluding ortho intramolecular Hbond substituents is 1. The van der Waals surface area contributed by atoms with Crippen LogP contribution in [0.3, 0.4) is 0 Å². The standard InChI is InChI=1S/C24H27F2N5O/c1-23-4-5-24(2,13-23)10-15(9-23)31(3)21-8-19(26)22(30-29-21)17-6-18(25)16(7-20(17)32)14-11-27-28-12-14/h6-8,11-12,15,32H,4-5,9-10,13H2,1-3H3,(H,27,28)/t15-,23-,24+. The molecule has 3 atom stereocenters. The summed E-state index contributed by atoms with van der Waals surface area (Å²) in [7, 11) is 1.93. The third-order valence-electron chi connectivity index (χ3n) is 7.44. The SMILES string of the molecule is CN(c1cc(F)c(-c2cc(F)c(-c3cn[nH]c3)cc2O)nn1)[C@H]1C[C@]2(C)CC[C@](C)(C1)C2. The number of benzene rings is 1. The molecule has 0 unspecified atom stereocenters. The summed E-state index contributed by atoms with van der Waals surface area (Å²) in [5.41, 5.74) is 1.07. The second-order valence-electron chi connectivity index (χ2n) is 10.2. The number of anilines is 1. The smallest absolute Gasteiger partial charge is 0.155 e. The lowest BCUT2D eigenvalue weighted by atomic mass is 9.68. The molecule has 5 rings (SSSR count). The van der Waals surface area contributed by atoms with Crippen molar-refractivity contribution in [2.45, 2.75) is 52.0 Å². The largest absolute Gasteiger partial charge is 0.507 e. The van der Waals surface area contributed by atoms with Gasteiger partial charge in [0, 0.05) is 42.0 Å². The fourth-order valence-electron chi connectivity index (χ4n) is 5.92. The predicted octanol–water partition coefficient (Wildman–Crippen LogP) is 5.31. The number of aromatic amines is 1. The maximum atomic E-state index is 15.1. The van der Waals surface area contributed by atoms with Crippen molar-refractivity contribution in [1.29, 1.82) is 0 Å². The topological polar surface area (TPSA) is 77.9 Å². The molecule has 1 aromatic carbocycles. The number of hydrogen-bond acceptors (Lipinski definition) is 5. The molecule has 0 amide bonds. The average Bonchev–Trinajstić information content (AvgIpc) is 3.34. The van der Waals surface area contributed by atoms with E-state index >= 15 is 4.39 Å². The van der Waals surface area contributed by atoms with Crippen LogP contribution in [-0.4, -0.2) is 38.6 Å². The molecule has 2 heterocycles. The zero-order chi connectivity index (χ0) is 22.7. The van der Waals surface area contributed by atoms with E-state index in [1.54, 1.807) is 0 Å². The second-order valence-corrected chi connectivity index (χ2v) is 10.2. The number of rotatable bonds is 4. The number of aromatic nitrogens is 4. The molecule has 0 saturated heterocycles. The number of nitrogens with zero attached hydrogens (tertiary/aromatic N) is 4. The highest BCUT2D eigenvalue weighted by Gasteiger charge is 2.50. The molecular formula is C24H27F2N5O. The van der Waals surface area contributed by atoms with Crippen molar-refractivity contribution in [3.8, 4) is 28.1 Å². The molecule has 2 aromatic heterocycles. The summed E-state index contributed by atoms with van der Waals surface area (Å²) in [5.74, 6) is -1.09. The molecule has 2 N–H and O–H groups in total. The molecule has 2 saturated carbocycles. The van der Waals surface area contributed by atoms with Crippen LogP contribution in [-0.2, 0) is 0 Å². The van der Waals surface area contributed by atoms with E-state index in [0.29, 0.717) is 22.2 Å². The first-order valence-electron chi connectivity index (χ1n) is 10.9. The molecule has 0 radical (unpaired) electrons. The van der Waals surface area contributed by atoms with Gasteiger partial charge < -0.3 is 10.0 Å². The monoisotopic (exact) mass is 439 g/mol. The Morgan fingerprint density at radius 2 is 1.75 bits per heavy atom. The van der Waals surface area contributed by atoms with Crippen LogP contribution in [0.4, 0.5) is 14.6 Å². The summed E-state index contributed by atoms with van der Waals surface area (Å²) in [6, 6.07) is 3.91. The quantitative estimate of drug-likeness (QED) is 0.576. The van der Waals surface area contributed by atoms with Crippen molar-refractivity contribution < 1.29 is 13.9 Å². The zero-order valence-electron chi connectivity index (χ0n) is 18.5. The molecule has 0 spiro atoms. The van der Waals surface area contributed by atoms with Crippen LogP contribution in [0.25, 0.3) is 22.4 Å².